The fourth-order valence-corrected chi connectivity index (χ4v) is 0. The molecule has 0 aromatic rings. The van der Waals surface area contributed by atoms with Crippen LogP contribution in [0.25, 0.3) is 10.6 Å². The SMILES string of the molecule is C[N-]C.C[N-]C.[Re]. The third kappa shape index (κ3) is 408. The molecule has 0 rings (SSSR count). The van der Waals surface area contributed by atoms with Gasteiger partial charge in [0.1, 0.15) is 0 Å². The van der Waals surface area contributed by atoms with Crippen LogP contribution in [0.15, 0.2) is 0 Å². The van der Waals surface area contributed by atoms with Gasteiger partial charge in [0, 0.05) is 20.4 Å². The largest absolute Gasteiger partial charge is 0.668 e. The molecule has 0 atom stereocenters. The van der Waals surface area contributed by atoms with Gasteiger partial charge in [0.25, 0.3) is 0 Å². The number of rotatable bonds is 0. The van der Waals surface area contributed by atoms with E-state index in [1.54, 1.807) is 28.2 Å². The van der Waals surface area contributed by atoms with Gasteiger partial charge < -0.3 is 10.6 Å². The van der Waals surface area contributed by atoms with Gasteiger partial charge in [-0.2, -0.15) is 28.2 Å². The van der Waals surface area contributed by atoms with E-state index in [1.165, 1.54) is 0 Å². The normalized spacial score (nSPS) is 5.14. The van der Waals surface area contributed by atoms with Crippen LogP contribution < -0.4 is 0 Å². The minimum atomic E-state index is 0. The molecule has 7 heavy (non-hydrogen) atoms. The number of nitrogens with zero attached hydrogens (tertiary/aromatic N) is 2. The Hall–Kier alpha value is 0.582. The van der Waals surface area contributed by atoms with Crippen LogP contribution in [0.5, 0.6) is 0 Å². The summed E-state index contributed by atoms with van der Waals surface area (Å²) in [6.45, 7) is 0. The zero-order chi connectivity index (χ0) is 5.41. The summed E-state index contributed by atoms with van der Waals surface area (Å²) in [5.41, 5.74) is 0. The van der Waals surface area contributed by atoms with Crippen molar-refractivity contribution in [2.45, 2.75) is 0 Å². The summed E-state index contributed by atoms with van der Waals surface area (Å²) >= 11 is 0. The molecule has 0 saturated carbocycles. The topological polar surface area (TPSA) is 28.2 Å². The Morgan fingerprint density at radius 1 is 0.714 bits per heavy atom. The molecule has 0 aromatic carbocycles. The first-order chi connectivity index (χ1) is 2.83. The molecule has 0 fully saturated rings. The van der Waals surface area contributed by atoms with Crippen LogP contribution in [0.4, 0.5) is 0 Å². The van der Waals surface area contributed by atoms with Crippen molar-refractivity contribution in [3.8, 4) is 0 Å². The fraction of sp³-hybridized carbons (Fsp3) is 1.00. The number of hydrogen-bond donors (Lipinski definition) is 0. The van der Waals surface area contributed by atoms with Gasteiger partial charge in [-0.25, -0.2) is 0 Å². The third-order valence-electron chi connectivity index (χ3n) is 0. The van der Waals surface area contributed by atoms with E-state index >= 15 is 0 Å². The first-order valence-corrected chi connectivity index (χ1v) is 1.79. The molecule has 0 saturated heterocycles. The zero-order valence-corrected chi connectivity index (χ0v) is 7.99. The monoisotopic (exact) mass is 275 g/mol. The quantitative estimate of drug-likeness (QED) is 0.636. The van der Waals surface area contributed by atoms with Crippen LogP contribution in [0, 0.1) is 0 Å². The van der Waals surface area contributed by atoms with Gasteiger partial charge in [0.2, 0.25) is 0 Å². The molecule has 0 unspecified atom stereocenters. The molecule has 0 heterocycles. The maximum atomic E-state index is 3.50. The Kier molecular flexibility index (Phi) is 68.8. The van der Waals surface area contributed by atoms with E-state index < -0.39 is 0 Å². The Bertz CT molecular complexity index is 11.7. The van der Waals surface area contributed by atoms with E-state index in [1.807, 2.05) is 0 Å². The Balaban J connectivity index is -0.0000000400. The molecule has 3 heteroatoms. The van der Waals surface area contributed by atoms with Crippen LogP contribution in [0.1, 0.15) is 0 Å². The molecule has 1 radical (unpaired) electrons. The van der Waals surface area contributed by atoms with Crippen molar-refractivity contribution in [3.63, 3.8) is 0 Å². The van der Waals surface area contributed by atoms with Crippen molar-refractivity contribution in [1.29, 1.82) is 0 Å². The molecule has 0 aliphatic rings. The Morgan fingerprint density at radius 3 is 0.714 bits per heavy atom. The molecule has 47 valence electrons. The molecule has 0 aromatic heterocycles. The van der Waals surface area contributed by atoms with Crippen molar-refractivity contribution in [1.82, 2.24) is 0 Å². The van der Waals surface area contributed by atoms with Crippen LogP contribution in [0.2, 0.25) is 0 Å². The van der Waals surface area contributed by atoms with Crippen molar-refractivity contribution in [2.75, 3.05) is 28.2 Å². The van der Waals surface area contributed by atoms with E-state index in [2.05, 4.69) is 10.6 Å². The first kappa shape index (κ1) is 15.6. The van der Waals surface area contributed by atoms with Crippen molar-refractivity contribution in [3.05, 3.63) is 10.6 Å². The van der Waals surface area contributed by atoms with Crippen molar-refractivity contribution in [2.24, 2.45) is 0 Å². The van der Waals surface area contributed by atoms with Gasteiger partial charge in [-0.05, 0) is 0 Å². The standard InChI is InChI=1S/2C2H6N.Re/c2*1-3-2;/h2*1-2H3;/q2*-1;. The van der Waals surface area contributed by atoms with Crippen LogP contribution in [-0.2, 0) is 20.4 Å². The second kappa shape index (κ2) is 30.8. The molecular weight excluding hydrogens is 262 g/mol. The predicted octanol–water partition coefficient (Wildman–Crippen LogP) is 1.24. The van der Waals surface area contributed by atoms with E-state index in [0.717, 1.165) is 0 Å². The summed E-state index contributed by atoms with van der Waals surface area (Å²) in [4.78, 5) is 0. The predicted molar refractivity (Wildman–Crippen MR) is 30.4 cm³/mol. The molecule has 0 amide bonds. The molecular formula is C4H12N2Re-2. The second-order valence-electron chi connectivity index (χ2n) is 0.894. The summed E-state index contributed by atoms with van der Waals surface area (Å²) < 4.78 is 0. The van der Waals surface area contributed by atoms with E-state index in [9.17, 15) is 0 Å². The molecule has 0 aliphatic carbocycles. The average molecular weight is 274 g/mol. The maximum Gasteiger partial charge on any atom is 0 e. The smallest absolute Gasteiger partial charge is 0 e. The Morgan fingerprint density at radius 2 is 0.714 bits per heavy atom. The average Bonchev–Trinajstić information content (AvgIpc) is 1.39. The Labute approximate surface area is 59.7 Å². The molecule has 0 bridgehead atoms. The summed E-state index contributed by atoms with van der Waals surface area (Å²) in [6, 6.07) is 0. The van der Waals surface area contributed by atoms with E-state index in [-0.39, 0.29) is 20.4 Å². The van der Waals surface area contributed by atoms with Gasteiger partial charge >= 0.3 is 0 Å². The minimum absolute atomic E-state index is 0. The van der Waals surface area contributed by atoms with E-state index in [4.69, 9.17) is 0 Å². The number of hydrogen-bond acceptors (Lipinski definition) is 0. The summed E-state index contributed by atoms with van der Waals surface area (Å²) in [7, 11) is 7.00. The van der Waals surface area contributed by atoms with Crippen LogP contribution in [-0.4, -0.2) is 28.2 Å². The van der Waals surface area contributed by atoms with E-state index in [0.29, 0.717) is 0 Å². The summed E-state index contributed by atoms with van der Waals surface area (Å²) in [6.07, 6.45) is 0. The molecule has 0 aliphatic heterocycles. The fourth-order valence-electron chi connectivity index (χ4n) is 0. The first-order valence-electron chi connectivity index (χ1n) is 1.79. The second-order valence-corrected chi connectivity index (χ2v) is 0.894. The van der Waals surface area contributed by atoms with Gasteiger partial charge in [0.05, 0.1) is 0 Å². The van der Waals surface area contributed by atoms with Gasteiger partial charge in [-0.3, -0.25) is 0 Å². The van der Waals surface area contributed by atoms with Gasteiger partial charge in [-0.15, -0.1) is 0 Å². The molecule has 0 N–H and O–H groups in total. The maximum absolute atomic E-state index is 3.50. The van der Waals surface area contributed by atoms with Crippen LogP contribution >= 0.6 is 0 Å². The zero-order valence-electron chi connectivity index (χ0n) is 5.27. The third-order valence-corrected chi connectivity index (χ3v) is 0. The summed E-state index contributed by atoms with van der Waals surface area (Å²) in [5.74, 6) is 0. The molecule has 0 spiro atoms. The van der Waals surface area contributed by atoms with Crippen LogP contribution in [0.3, 0.4) is 0 Å². The molecule has 2 nitrogen and oxygen atoms in total. The van der Waals surface area contributed by atoms with Gasteiger partial charge in [0.15, 0.2) is 0 Å². The van der Waals surface area contributed by atoms with Gasteiger partial charge in [-0.1, -0.05) is 0 Å². The summed E-state index contributed by atoms with van der Waals surface area (Å²) in [5, 5.41) is 7.00. The van der Waals surface area contributed by atoms with Crippen molar-refractivity contribution < 1.29 is 20.4 Å². The minimum Gasteiger partial charge on any atom is -0.668 e. The van der Waals surface area contributed by atoms with Crippen molar-refractivity contribution >= 4 is 0 Å².